The molecule has 31 heavy (non-hydrogen) atoms. The van der Waals surface area contributed by atoms with E-state index in [2.05, 4.69) is 9.64 Å². The lowest BCUT2D eigenvalue weighted by Gasteiger charge is -2.30. The lowest BCUT2D eigenvalue weighted by atomic mass is 9.98. The number of aromatic nitrogens is 2. The molecule has 0 atom stereocenters. The number of alkyl halides is 3. The SMILES string of the molecule is CCc1nc2c(c(-c3ccc(Cl)cc3)n1)CN(Cc1ccc(OC(F)(F)F)cc1)CC2. The number of rotatable bonds is 5. The highest BCUT2D eigenvalue weighted by Gasteiger charge is 2.31. The number of nitrogens with zero attached hydrogens (tertiary/aromatic N) is 3. The number of halogens is 4. The molecule has 2 aromatic carbocycles. The molecule has 8 heteroatoms. The van der Waals surface area contributed by atoms with Crippen LogP contribution in [0.4, 0.5) is 13.2 Å². The fraction of sp³-hybridized carbons (Fsp3) is 0.304. The summed E-state index contributed by atoms with van der Waals surface area (Å²) in [5.41, 5.74) is 4.97. The van der Waals surface area contributed by atoms with E-state index in [4.69, 9.17) is 21.6 Å². The van der Waals surface area contributed by atoms with Crippen molar-refractivity contribution in [1.82, 2.24) is 14.9 Å². The third-order valence-electron chi connectivity index (χ3n) is 5.18. The zero-order valence-corrected chi connectivity index (χ0v) is 17.7. The van der Waals surface area contributed by atoms with Crippen LogP contribution in [0.1, 0.15) is 29.6 Å². The highest BCUT2D eigenvalue weighted by atomic mass is 35.5. The van der Waals surface area contributed by atoms with Gasteiger partial charge in [0, 0.05) is 48.6 Å². The Bertz CT molecular complexity index is 1050. The molecule has 0 bridgehead atoms. The van der Waals surface area contributed by atoms with Gasteiger partial charge in [-0.1, -0.05) is 42.8 Å². The molecular formula is C23H21ClF3N3O. The fourth-order valence-corrected chi connectivity index (χ4v) is 3.84. The minimum atomic E-state index is -4.69. The van der Waals surface area contributed by atoms with Gasteiger partial charge in [0.05, 0.1) is 11.4 Å². The molecule has 1 aromatic heterocycles. The van der Waals surface area contributed by atoms with Gasteiger partial charge in [0.15, 0.2) is 0 Å². The van der Waals surface area contributed by atoms with Crippen molar-refractivity contribution in [2.45, 2.75) is 39.2 Å². The molecule has 0 amide bonds. The predicted molar refractivity (Wildman–Crippen MR) is 113 cm³/mol. The monoisotopic (exact) mass is 447 g/mol. The predicted octanol–water partition coefficient (Wildman–Crippen LogP) is 5.82. The van der Waals surface area contributed by atoms with Crippen LogP contribution in [0, 0.1) is 0 Å². The van der Waals surface area contributed by atoms with Crippen molar-refractivity contribution in [2.75, 3.05) is 6.54 Å². The van der Waals surface area contributed by atoms with E-state index in [0.29, 0.717) is 18.1 Å². The maximum Gasteiger partial charge on any atom is 0.573 e. The highest BCUT2D eigenvalue weighted by molar-refractivity contribution is 6.30. The third kappa shape index (κ3) is 5.35. The third-order valence-corrected chi connectivity index (χ3v) is 5.43. The minimum Gasteiger partial charge on any atom is -0.406 e. The molecule has 0 N–H and O–H groups in total. The Balaban J connectivity index is 1.56. The molecule has 1 aliphatic heterocycles. The van der Waals surface area contributed by atoms with E-state index in [1.165, 1.54) is 12.1 Å². The van der Waals surface area contributed by atoms with Crippen LogP contribution in [-0.2, 0) is 25.9 Å². The lowest BCUT2D eigenvalue weighted by molar-refractivity contribution is -0.274. The number of hydrogen-bond donors (Lipinski definition) is 0. The molecule has 4 rings (SSSR count). The number of benzene rings is 2. The van der Waals surface area contributed by atoms with Crippen molar-refractivity contribution in [3.05, 3.63) is 76.2 Å². The number of hydrogen-bond acceptors (Lipinski definition) is 4. The summed E-state index contributed by atoms with van der Waals surface area (Å²) in [6.45, 7) is 4.13. The average molecular weight is 448 g/mol. The van der Waals surface area contributed by atoms with E-state index in [-0.39, 0.29) is 5.75 Å². The second-order valence-corrected chi connectivity index (χ2v) is 7.86. The van der Waals surface area contributed by atoms with Gasteiger partial charge in [-0.25, -0.2) is 9.97 Å². The fourth-order valence-electron chi connectivity index (χ4n) is 3.72. The lowest BCUT2D eigenvalue weighted by Crippen LogP contribution is -2.31. The summed E-state index contributed by atoms with van der Waals surface area (Å²) < 4.78 is 41.0. The minimum absolute atomic E-state index is 0.217. The summed E-state index contributed by atoms with van der Waals surface area (Å²) in [4.78, 5) is 11.8. The molecule has 3 aromatic rings. The van der Waals surface area contributed by atoms with Crippen molar-refractivity contribution in [3.8, 4) is 17.0 Å². The van der Waals surface area contributed by atoms with E-state index in [1.807, 2.05) is 31.2 Å². The van der Waals surface area contributed by atoms with Crippen LogP contribution in [0.5, 0.6) is 5.75 Å². The highest BCUT2D eigenvalue weighted by Crippen LogP contribution is 2.30. The van der Waals surface area contributed by atoms with Crippen molar-refractivity contribution in [3.63, 3.8) is 0 Å². The second kappa shape index (κ2) is 8.85. The summed E-state index contributed by atoms with van der Waals surface area (Å²) in [5, 5.41) is 0.668. The van der Waals surface area contributed by atoms with Gasteiger partial charge in [0.2, 0.25) is 0 Å². The first-order chi connectivity index (χ1) is 14.8. The van der Waals surface area contributed by atoms with E-state index >= 15 is 0 Å². The molecule has 0 saturated carbocycles. The van der Waals surface area contributed by atoms with Gasteiger partial charge >= 0.3 is 6.36 Å². The summed E-state index contributed by atoms with van der Waals surface area (Å²) in [7, 11) is 0. The van der Waals surface area contributed by atoms with Gasteiger partial charge in [-0.2, -0.15) is 0 Å². The molecule has 1 aliphatic rings. The van der Waals surface area contributed by atoms with Gasteiger partial charge in [-0.05, 0) is 29.8 Å². The molecule has 0 aliphatic carbocycles. The van der Waals surface area contributed by atoms with Crippen LogP contribution in [0.15, 0.2) is 48.5 Å². The molecular weight excluding hydrogens is 427 g/mol. The average Bonchev–Trinajstić information content (AvgIpc) is 2.74. The number of aryl methyl sites for hydroxylation is 1. The number of ether oxygens (including phenoxy) is 1. The first kappa shape index (κ1) is 21.6. The molecule has 0 spiro atoms. The Morgan fingerprint density at radius 1 is 1.03 bits per heavy atom. The van der Waals surface area contributed by atoms with Crippen molar-refractivity contribution < 1.29 is 17.9 Å². The second-order valence-electron chi connectivity index (χ2n) is 7.43. The molecule has 4 nitrogen and oxygen atoms in total. The topological polar surface area (TPSA) is 38.2 Å². The van der Waals surface area contributed by atoms with Gasteiger partial charge in [-0.3, -0.25) is 4.90 Å². The van der Waals surface area contributed by atoms with Crippen LogP contribution >= 0.6 is 11.6 Å². The number of fused-ring (bicyclic) bond motifs is 1. The molecule has 0 saturated heterocycles. The summed E-state index contributed by atoms with van der Waals surface area (Å²) in [5.74, 6) is 0.600. The van der Waals surface area contributed by atoms with Crippen molar-refractivity contribution in [2.24, 2.45) is 0 Å². The van der Waals surface area contributed by atoms with Crippen LogP contribution < -0.4 is 4.74 Å². The van der Waals surface area contributed by atoms with Crippen LogP contribution in [0.2, 0.25) is 5.02 Å². The van der Waals surface area contributed by atoms with Crippen molar-refractivity contribution in [1.29, 1.82) is 0 Å². The van der Waals surface area contributed by atoms with E-state index in [1.54, 1.807) is 12.1 Å². The summed E-state index contributed by atoms with van der Waals surface area (Å²) in [6.07, 6.45) is -3.14. The van der Waals surface area contributed by atoms with Gasteiger partial charge in [0.1, 0.15) is 11.6 Å². The Hall–Kier alpha value is -2.64. The molecule has 0 radical (unpaired) electrons. The smallest absolute Gasteiger partial charge is 0.406 e. The maximum absolute atomic E-state index is 12.4. The Kier molecular flexibility index (Phi) is 6.16. The van der Waals surface area contributed by atoms with Gasteiger partial charge in [-0.15, -0.1) is 13.2 Å². The largest absolute Gasteiger partial charge is 0.573 e. The van der Waals surface area contributed by atoms with Crippen LogP contribution in [-0.4, -0.2) is 27.8 Å². The van der Waals surface area contributed by atoms with Crippen molar-refractivity contribution >= 4 is 11.6 Å². The first-order valence-corrected chi connectivity index (χ1v) is 10.4. The van der Waals surface area contributed by atoms with Crippen LogP contribution in [0.3, 0.4) is 0 Å². The van der Waals surface area contributed by atoms with E-state index in [9.17, 15) is 13.2 Å². The molecule has 0 unspecified atom stereocenters. The van der Waals surface area contributed by atoms with Crippen LogP contribution in [0.25, 0.3) is 11.3 Å². The van der Waals surface area contributed by atoms with E-state index < -0.39 is 6.36 Å². The van der Waals surface area contributed by atoms with Gasteiger partial charge in [0.25, 0.3) is 0 Å². The Morgan fingerprint density at radius 3 is 2.39 bits per heavy atom. The maximum atomic E-state index is 12.4. The standard InChI is InChI=1S/C23H21ClF3N3O/c1-2-21-28-20-11-12-30(13-15-3-9-18(10-4-15)31-23(25,26)27)14-19(20)22(29-21)16-5-7-17(24)8-6-16/h3-10H,2,11-14H2,1H3. The first-order valence-electron chi connectivity index (χ1n) is 10.0. The Labute approximate surface area is 183 Å². The quantitative estimate of drug-likeness (QED) is 0.494. The van der Waals surface area contributed by atoms with Gasteiger partial charge < -0.3 is 4.74 Å². The molecule has 2 heterocycles. The zero-order valence-electron chi connectivity index (χ0n) is 16.9. The Morgan fingerprint density at radius 2 is 1.74 bits per heavy atom. The summed E-state index contributed by atoms with van der Waals surface area (Å²) in [6, 6.07) is 13.6. The van der Waals surface area contributed by atoms with E-state index in [0.717, 1.165) is 53.3 Å². The zero-order chi connectivity index (χ0) is 22.0. The summed E-state index contributed by atoms with van der Waals surface area (Å²) >= 11 is 6.05. The normalized spacial score (nSPS) is 14.4. The molecule has 0 fully saturated rings. The molecule has 162 valence electrons.